The van der Waals surface area contributed by atoms with E-state index in [2.05, 4.69) is 10.5 Å². The molecule has 34 heavy (non-hydrogen) atoms. The van der Waals surface area contributed by atoms with Gasteiger partial charge < -0.3 is 24.1 Å². The van der Waals surface area contributed by atoms with Gasteiger partial charge in [-0.2, -0.15) is 5.10 Å². The molecule has 9 heteroatoms. The molecule has 9 nitrogen and oxygen atoms in total. The predicted octanol–water partition coefficient (Wildman–Crippen LogP) is 3.12. The van der Waals surface area contributed by atoms with Crippen molar-refractivity contribution in [3.05, 3.63) is 83.4 Å². The number of carbonyl (C=O) groups is 2. The van der Waals surface area contributed by atoms with Crippen molar-refractivity contribution in [2.24, 2.45) is 5.10 Å². The van der Waals surface area contributed by atoms with Crippen molar-refractivity contribution >= 4 is 18.1 Å². The number of hydrogen-bond donors (Lipinski definition) is 2. The summed E-state index contributed by atoms with van der Waals surface area (Å²) < 4.78 is 21.2. The molecular formula is C25H24N2O7. The van der Waals surface area contributed by atoms with E-state index in [4.69, 9.17) is 18.9 Å². The highest BCUT2D eigenvalue weighted by atomic mass is 16.5. The molecule has 0 bridgehead atoms. The van der Waals surface area contributed by atoms with Crippen LogP contribution in [0.25, 0.3) is 0 Å². The minimum absolute atomic E-state index is 0.204. The van der Waals surface area contributed by atoms with Crippen LogP contribution in [0.5, 0.6) is 23.0 Å². The fourth-order valence-electron chi connectivity index (χ4n) is 3.04. The van der Waals surface area contributed by atoms with E-state index in [-0.39, 0.29) is 11.3 Å². The Morgan fingerprint density at radius 1 is 0.912 bits per heavy atom. The molecule has 2 N–H and O–H groups in total. The zero-order valence-electron chi connectivity index (χ0n) is 18.8. The third kappa shape index (κ3) is 5.90. The molecule has 0 aromatic heterocycles. The number of benzene rings is 3. The van der Waals surface area contributed by atoms with Gasteiger partial charge in [-0.3, -0.25) is 4.79 Å². The molecule has 0 radical (unpaired) electrons. The first-order valence-electron chi connectivity index (χ1n) is 10.1. The zero-order valence-corrected chi connectivity index (χ0v) is 18.8. The number of aliphatic hydroxyl groups excluding tert-OH is 1. The third-order valence-corrected chi connectivity index (χ3v) is 4.72. The lowest BCUT2D eigenvalue weighted by Crippen LogP contribution is -2.25. The van der Waals surface area contributed by atoms with E-state index < -0.39 is 18.0 Å². The summed E-state index contributed by atoms with van der Waals surface area (Å²) in [4.78, 5) is 24.8. The van der Waals surface area contributed by atoms with E-state index in [0.717, 1.165) is 0 Å². The van der Waals surface area contributed by atoms with E-state index in [9.17, 15) is 14.7 Å². The van der Waals surface area contributed by atoms with Gasteiger partial charge in [-0.15, -0.1) is 0 Å². The molecule has 0 heterocycles. The standard InChI is InChI=1S/C25H24N2O7/c1-31-20-13-18(14-21(32-2)23(20)33-3)25(30)34-19-11-7-8-16(12-19)15-26-27-24(29)22(28)17-9-5-4-6-10-17/h4-15,22,28H,1-3H3,(H,27,29)/b26-15-. The molecule has 0 aliphatic rings. The molecule has 0 saturated heterocycles. The highest BCUT2D eigenvalue weighted by Crippen LogP contribution is 2.38. The number of aliphatic hydroxyl groups is 1. The zero-order chi connectivity index (χ0) is 24.5. The smallest absolute Gasteiger partial charge is 0.343 e. The molecule has 0 aliphatic heterocycles. The van der Waals surface area contributed by atoms with Crippen molar-refractivity contribution in [2.45, 2.75) is 6.10 Å². The van der Waals surface area contributed by atoms with Crippen molar-refractivity contribution in [1.82, 2.24) is 5.43 Å². The van der Waals surface area contributed by atoms with Crippen molar-refractivity contribution in [3.63, 3.8) is 0 Å². The summed E-state index contributed by atoms with van der Waals surface area (Å²) in [5.74, 6) is -0.0381. The summed E-state index contributed by atoms with van der Waals surface area (Å²) in [5.41, 5.74) is 3.50. The van der Waals surface area contributed by atoms with Crippen LogP contribution in [0.15, 0.2) is 71.8 Å². The summed E-state index contributed by atoms with van der Waals surface area (Å²) >= 11 is 0. The maximum Gasteiger partial charge on any atom is 0.343 e. The number of nitrogens with zero attached hydrogens (tertiary/aromatic N) is 1. The number of carbonyl (C=O) groups excluding carboxylic acids is 2. The molecular weight excluding hydrogens is 440 g/mol. The molecule has 0 spiro atoms. The predicted molar refractivity (Wildman–Crippen MR) is 125 cm³/mol. The Kier molecular flexibility index (Phi) is 8.20. The SMILES string of the molecule is COc1cc(C(=O)Oc2cccc(/C=N\NC(=O)C(O)c3ccccc3)c2)cc(OC)c1OC. The number of amides is 1. The lowest BCUT2D eigenvalue weighted by molar-refractivity contribution is -0.129. The van der Waals surface area contributed by atoms with Gasteiger partial charge in [0, 0.05) is 0 Å². The highest BCUT2D eigenvalue weighted by Gasteiger charge is 2.19. The summed E-state index contributed by atoms with van der Waals surface area (Å²) in [6.45, 7) is 0. The number of esters is 1. The number of hydrogen-bond acceptors (Lipinski definition) is 8. The van der Waals surface area contributed by atoms with Crippen molar-refractivity contribution in [3.8, 4) is 23.0 Å². The molecule has 3 rings (SSSR count). The number of hydrazone groups is 1. The van der Waals surface area contributed by atoms with Crippen LogP contribution in [0.4, 0.5) is 0 Å². The monoisotopic (exact) mass is 464 g/mol. The Bertz CT molecular complexity index is 1150. The Labute approximate surface area is 196 Å². The highest BCUT2D eigenvalue weighted by molar-refractivity contribution is 5.93. The Balaban J connectivity index is 1.67. The molecule has 0 aliphatic carbocycles. The largest absolute Gasteiger partial charge is 0.493 e. The lowest BCUT2D eigenvalue weighted by Gasteiger charge is -2.13. The van der Waals surface area contributed by atoms with E-state index in [1.807, 2.05) is 0 Å². The second-order valence-corrected chi connectivity index (χ2v) is 6.92. The first-order valence-corrected chi connectivity index (χ1v) is 10.1. The van der Waals surface area contributed by atoms with Gasteiger partial charge in [0.05, 0.1) is 33.1 Å². The maximum atomic E-state index is 12.7. The maximum absolute atomic E-state index is 12.7. The van der Waals surface area contributed by atoms with Gasteiger partial charge in [-0.1, -0.05) is 42.5 Å². The minimum Gasteiger partial charge on any atom is -0.493 e. The molecule has 1 amide bonds. The van der Waals surface area contributed by atoms with Crippen LogP contribution in [-0.4, -0.2) is 44.5 Å². The van der Waals surface area contributed by atoms with Crippen LogP contribution >= 0.6 is 0 Å². The topological polar surface area (TPSA) is 116 Å². The normalized spacial score (nSPS) is 11.5. The average Bonchev–Trinajstić information content (AvgIpc) is 2.87. The van der Waals surface area contributed by atoms with Crippen LogP contribution < -0.4 is 24.4 Å². The van der Waals surface area contributed by atoms with E-state index in [1.165, 1.54) is 39.7 Å². The van der Waals surface area contributed by atoms with Gasteiger partial charge in [0.15, 0.2) is 17.6 Å². The second-order valence-electron chi connectivity index (χ2n) is 6.92. The summed E-state index contributed by atoms with van der Waals surface area (Å²) in [5, 5.41) is 13.9. The molecule has 1 atom stereocenters. The Hall–Kier alpha value is -4.37. The van der Waals surface area contributed by atoms with Crippen LogP contribution in [0.3, 0.4) is 0 Å². The minimum atomic E-state index is -1.34. The van der Waals surface area contributed by atoms with Crippen molar-refractivity contribution < 1.29 is 33.6 Å². The molecule has 0 saturated carbocycles. The summed E-state index contributed by atoms with van der Waals surface area (Å²) in [7, 11) is 4.37. The molecule has 3 aromatic carbocycles. The van der Waals surface area contributed by atoms with E-state index in [1.54, 1.807) is 54.6 Å². The number of nitrogens with one attached hydrogen (secondary N) is 1. The quantitative estimate of drug-likeness (QED) is 0.216. The second kappa shape index (κ2) is 11.5. The lowest BCUT2D eigenvalue weighted by atomic mass is 10.1. The molecule has 1 unspecified atom stereocenters. The molecule has 176 valence electrons. The summed E-state index contributed by atoms with van der Waals surface area (Å²) in [6, 6.07) is 18.0. The van der Waals surface area contributed by atoms with Crippen LogP contribution in [0, 0.1) is 0 Å². The first-order chi connectivity index (χ1) is 16.5. The fraction of sp³-hybridized carbons (Fsp3) is 0.160. The average molecular weight is 464 g/mol. The van der Waals surface area contributed by atoms with Crippen molar-refractivity contribution in [1.29, 1.82) is 0 Å². The van der Waals surface area contributed by atoms with Gasteiger partial charge in [-0.25, -0.2) is 10.2 Å². The third-order valence-electron chi connectivity index (χ3n) is 4.72. The summed E-state index contributed by atoms with van der Waals surface area (Å²) in [6.07, 6.45) is 0.0240. The Morgan fingerprint density at radius 3 is 2.21 bits per heavy atom. The van der Waals surface area contributed by atoms with Crippen LogP contribution in [0.2, 0.25) is 0 Å². The van der Waals surface area contributed by atoms with Gasteiger partial charge in [0.1, 0.15) is 5.75 Å². The number of ether oxygens (including phenoxy) is 4. The van der Waals surface area contributed by atoms with E-state index in [0.29, 0.717) is 28.4 Å². The molecule has 0 fully saturated rings. The number of methoxy groups -OCH3 is 3. The van der Waals surface area contributed by atoms with Crippen LogP contribution in [0.1, 0.15) is 27.6 Å². The molecule has 3 aromatic rings. The van der Waals surface area contributed by atoms with Gasteiger partial charge in [-0.05, 0) is 35.4 Å². The Morgan fingerprint density at radius 2 is 1.59 bits per heavy atom. The van der Waals surface area contributed by atoms with Gasteiger partial charge in [0.2, 0.25) is 5.75 Å². The number of rotatable bonds is 9. The van der Waals surface area contributed by atoms with E-state index >= 15 is 0 Å². The van der Waals surface area contributed by atoms with Crippen molar-refractivity contribution in [2.75, 3.05) is 21.3 Å². The van der Waals surface area contributed by atoms with Crippen LogP contribution in [-0.2, 0) is 4.79 Å². The first kappa shape index (κ1) is 24.3. The van der Waals surface area contributed by atoms with Gasteiger partial charge in [0.25, 0.3) is 5.91 Å². The fourth-order valence-corrected chi connectivity index (χ4v) is 3.04. The van der Waals surface area contributed by atoms with Gasteiger partial charge >= 0.3 is 5.97 Å².